The second-order valence-corrected chi connectivity index (χ2v) is 14.7. The van der Waals surface area contributed by atoms with Crippen molar-refractivity contribution in [3.05, 3.63) is 108 Å². The van der Waals surface area contributed by atoms with E-state index < -0.39 is 65.5 Å². The molecule has 0 aliphatic carbocycles. The number of ether oxygens (including phenoxy) is 1. The van der Waals surface area contributed by atoms with Crippen LogP contribution in [0.1, 0.15) is 87.3 Å². The topological polar surface area (TPSA) is 175 Å². The first-order valence-corrected chi connectivity index (χ1v) is 18.5. The molecule has 0 unspecified atom stereocenters. The molecule has 0 bridgehead atoms. The number of hydrogen-bond donors (Lipinski definition) is 5. The van der Waals surface area contributed by atoms with Gasteiger partial charge in [-0.25, -0.2) is 9.59 Å². The summed E-state index contributed by atoms with van der Waals surface area (Å²) in [5.41, 5.74) is 1.28. The van der Waals surface area contributed by atoms with E-state index in [0.717, 1.165) is 11.1 Å². The molecule has 2 fully saturated rings. The standard InChI is InChI=1S/C41H50N6O7/c1-5-31(43-40(53)54-41(2,3)4)36(49)45-34-29(25-42-39(52)46-35(48)28-19-13-8-14-20-28)21-22-30-23-24-32(47(30)38(34)51)37(50)44-33(26-15-9-6-10-16-26)27-17-11-7-12-18-27/h6-20,29-34H,5,21-25H2,1-4H3,(H,43,53)(H,44,50)(H,45,49)(H2,42,46,48,52)/t29-,30+,31+,32+,34+/m1/s1. The third kappa shape index (κ3) is 10.2. The summed E-state index contributed by atoms with van der Waals surface area (Å²) >= 11 is 0. The van der Waals surface area contributed by atoms with Crippen LogP contribution in [0.5, 0.6) is 0 Å². The van der Waals surface area contributed by atoms with Gasteiger partial charge in [0.25, 0.3) is 5.91 Å². The molecule has 3 aromatic carbocycles. The number of rotatable bonds is 11. The second-order valence-electron chi connectivity index (χ2n) is 14.7. The molecule has 2 heterocycles. The highest BCUT2D eigenvalue weighted by Gasteiger charge is 2.48. The number of nitrogens with one attached hydrogen (secondary N) is 5. The van der Waals surface area contributed by atoms with E-state index in [4.69, 9.17) is 4.74 Å². The zero-order valence-electron chi connectivity index (χ0n) is 31.2. The maximum absolute atomic E-state index is 14.7. The van der Waals surface area contributed by atoms with Crippen LogP contribution < -0.4 is 26.6 Å². The Morgan fingerprint density at radius 3 is 1.94 bits per heavy atom. The summed E-state index contributed by atoms with van der Waals surface area (Å²) in [5.74, 6) is -2.58. The van der Waals surface area contributed by atoms with E-state index in [9.17, 15) is 28.8 Å². The number of benzene rings is 3. The van der Waals surface area contributed by atoms with E-state index >= 15 is 0 Å². The Morgan fingerprint density at radius 2 is 1.37 bits per heavy atom. The van der Waals surface area contributed by atoms with Gasteiger partial charge in [0.15, 0.2) is 0 Å². The third-order valence-corrected chi connectivity index (χ3v) is 9.72. The molecule has 7 amide bonds. The van der Waals surface area contributed by atoms with Crippen molar-refractivity contribution in [2.24, 2.45) is 5.92 Å². The lowest BCUT2D eigenvalue weighted by molar-refractivity contribution is -0.143. The number of nitrogens with zero attached hydrogens (tertiary/aromatic N) is 1. The van der Waals surface area contributed by atoms with Crippen molar-refractivity contribution in [2.45, 2.75) is 95.6 Å². The summed E-state index contributed by atoms with van der Waals surface area (Å²) in [6.45, 7) is 6.79. The van der Waals surface area contributed by atoms with Gasteiger partial charge in [0, 0.05) is 24.1 Å². The summed E-state index contributed by atoms with van der Waals surface area (Å²) in [6, 6.07) is 23.0. The van der Waals surface area contributed by atoms with Gasteiger partial charge in [-0.1, -0.05) is 85.8 Å². The predicted molar refractivity (Wildman–Crippen MR) is 202 cm³/mol. The highest BCUT2D eigenvalue weighted by Crippen LogP contribution is 2.35. The molecule has 5 rings (SSSR count). The first-order chi connectivity index (χ1) is 25.8. The smallest absolute Gasteiger partial charge is 0.408 e. The largest absolute Gasteiger partial charge is 0.444 e. The summed E-state index contributed by atoms with van der Waals surface area (Å²) < 4.78 is 5.36. The molecule has 0 spiro atoms. The fourth-order valence-electron chi connectivity index (χ4n) is 7.07. The van der Waals surface area contributed by atoms with Crippen molar-refractivity contribution < 1.29 is 33.5 Å². The number of amides is 7. The van der Waals surface area contributed by atoms with Gasteiger partial charge in [0.1, 0.15) is 23.7 Å². The lowest BCUT2D eigenvalue weighted by Crippen LogP contribution is -2.60. The van der Waals surface area contributed by atoms with Crippen LogP contribution in [0.4, 0.5) is 9.59 Å². The van der Waals surface area contributed by atoms with Crippen molar-refractivity contribution in [1.29, 1.82) is 0 Å². The first-order valence-electron chi connectivity index (χ1n) is 18.5. The van der Waals surface area contributed by atoms with Gasteiger partial charge in [-0.2, -0.15) is 0 Å². The van der Waals surface area contributed by atoms with Crippen molar-refractivity contribution in [3.8, 4) is 0 Å². The van der Waals surface area contributed by atoms with E-state index in [1.165, 1.54) is 0 Å². The predicted octanol–water partition coefficient (Wildman–Crippen LogP) is 4.59. The molecule has 13 nitrogen and oxygen atoms in total. The van der Waals surface area contributed by atoms with Gasteiger partial charge in [-0.3, -0.25) is 24.5 Å². The molecular weight excluding hydrogens is 688 g/mol. The summed E-state index contributed by atoms with van der Waals surface area (Å²) in [7, 11) is 0. The molecular formula is C41H50N6O7. The number of carbonyl (C=O) groups is 6. The number of fused-ring (bicyclic) bond motifs is 1. The molecule has 0 radical (unpaired) electrons. The van der Waals surface area contributed by atoms with Gasteiger partial charge in [-0.05, 0) is 76.1 Å². The molecule has 286 valence electrons. The van der Waals surface area contributed by atoms with Crippen LogP contribution in [0.2, 0.25) is 0 Å². The fourth-order valence-corrected chi connectivity index (χ4v) is 7.07. The minimum Gasteiger partial charge on any atom is -0.444 e. The summed E-state index contributed by atoms with van der Waals surface area (Å²) in [6.07, 6.45) is 1.38. The number of urea groups is 1. The zero-order chi connectivity index (χ0) is 38.8. The lowest BCUT2D eigenvalue weighted by atomic mass is 9.92. The van der Waals surface area contributed by atoms with Crippen LogP contribution in [0, 0.1) is 5.92 Å². The Bertz CT molecular complexity index is 1740. The highest BCUT2D eigenvalue weighted by molar-refractivity contribution is 6.04. The molecule has 54 heavy (non-hydrogen) atoms. The van der Waals surface area contributed by atoms with Gasteiger partial charge in [0.2, 0.25) is 17.7 Å². The Kier molecular flexibility index (Phi) is 13.1. The quantitative estimate of drug-likeness (QED) is 0.191. The number of hydrogen-bond acceptors (Lipinski definition) is 7. The Labute approximate surface area is 316 Å². The Hall–Kier alpha value is -5.72. The molecule has 13 heteroatoms. The van der Waals surface area contributed by atoms with Gasteiger partial charge >= 0.3 is 12.1 Å². The van der Waals surface area contributed by atoms with Crippen LogP contribution in [0.25, 0.3) is 0 Å². The molecule has 5 N–H and O–H groups in total. The minimum atomic E-state index is -1.16. The molecule has 0 aromatic heterocycles. The number of alkyl carbamates (subject to hydrolysis) is 1. The highest BCUT2D eigenvalue weighted by atomic mass is 16.6. The SMILES string of the molecule is CC[C@H](NC(=O)OC(C)(C)C)C(=O)N[C@@H]1C(=O)N2[C@@H](CC[C@@H]1CNC(=O)NC(=O)c1ccccc1)CC[C@H]2C(=O)NC(c1ccccc1)c1ccccc1. The average molecular weight is 739 g/mol. The number of carbonyl (C=O) groups excluding carboxylic acids is 6. The summed E-state index contributed by atoms with van der Waals surface area (Å²) in [4.78, 5) is 82.4. The maximum Gasteiger partial charge on any atom is 0.408 e. The van der Waals surface area contributed by atoms with Gasteiger partial charge < -0.3 is 30.9 Å². The molecule has 0 saturated carbocycles. The third-order valence-electron chi connectivity index (χ3n) is 9.72. The van der Waals surface area contributed by atoms with Crippen LogP contribution >= 0.6 is 0 Å². The average Bonchev–Trinajstić information content (AvgIpc) is 3.54. The van der Waals surface area contributed by atoms with Crippen molar-refractivity contribution >= 4 is 35.8 Å². The van der Waals surface area contributed by atoms with E-state index in [-0.39, 0.29) is 24.9 Å². The molecule has 5 atom stereocenters. The monoisotopic (exact) mass is 738 g/mol. The van der Waals surface area contributed by atoms with Gasteiger partial charge in [-0.15, -0.1) is 0 Å². The van der Waals surface area contributed by atoms with Crippen LogP contribution in [0.15, 0.2) is 91.0 Å². The van der Waals surface area contributed by atoms with E-state index in [1.54, 1.807) is 62.9 Å². The van der Waals surface area contributed by atoms with Crippen LogP contribution in [-0.4, -0.2) is 77.0 Å². The number of imide groups is 1. The lowest BCUT2D eigenvalue weighted by Gasteiger charge is -2.33. The van der Waals surface area contributed by atoms with Crippen molar-refractivity contribution in [2.75, 3.05) is 6.54 Å². The molecule has 2 aliphatic heterocycles. The van der Waals surface area contributed by atoms with E-state index in [2.05, 4.69) is 26.6 Å². The normalized spacial score (nSPS) is 20.2. The molecule has 3 aromatic rings. The second kappa shape index (κ2) is 17.9. The molecule has 2 aliphatic rings. The molecule has 2 saturated heterocycles. The zero-order valence-corrected chi connectivity index (χ0v) is 31.2. The summed E-state index contributed by atoms with van der Waals surface area (Å²) in [5, 5.41) is 13.7. The van der Waals surface area contributed by atoms with Gasteiger partial charge in [0.05, 0.1) is 6.04 Å². The van der Waals surface area contributed by atoms with E-state index in [0.29, 0.717) is 31.2 Å². The van der Waals surface area contributed by atoms with Crippen molar-refractivity contribution in [3.63, 3.8) is 0 Å². The fraction of sp³-hybridized carbons (Fsp3) is 0.415. The van der Waals surface area contributed by atoms with Crippen LogP contribution in [-0.2, 0) is 19.1 Å². The van der Waals surface area contributed by atoms with E-state index in [1.807, 2.05) is 60.7 Å². The minimum absolute atomic E-state index is 0.0532. The first kappa shape index (κ1) is 39.5. The van der Waals surface area contributed by atoms with Crippen LogP contribution in [0.3, 0.4) is 0 Å². The maximum atomic E-state index is 14.7. The van der Waals surface area contributed by atoms with Crippen molar-refractivity contribution in [1.82, 2.24) is 31.5 Å². The Balaban J connectivity index is 1.37. The Morgan fingerprint density at radius 1 is 0.796 bits per heavy atom.